The lowest BCUT2D eigenvalue weighted by molar-refractivity contribution is -0.206. The molecule has 0 aromatic heterocycles. The lowest BCUT2D eigenvalue weighted by Crippen LogP contribution is -2.62. The van der Waals surface area contributed by atoms with Crippen LogP contribution in [0.5, 0.6) is 0 Å². The van der Waals surface area contributed by atoms with E-state index in [1.807, 2.05) is 34.6 Å². The number of carbonyl (C=O) groups is 3. The van der Waals surface area contributed by atoms with E-state index in [1.54, 1.807) is 0 Å². The molecule has 2 aliphatic carbocycles. The molecule has 10 nitrogen and oxygen atoms in total. The van der Waals surface area contributed by atoms with E-state index in [-0.39, 0.29) is 41.8 Å². The molecule has 0 bridgehead atoms. The summed E-state index contributed by atoms with van der Waals surface area (Å²) < 4.78 is 11.0. The van der Waals surface area contributed by atoms with Gasteiger partial charge < -0.3 is 35.0 Å². The summed E-state index contributed by atoms with van der Waals surface area (Å²) in [5, 5.41) is 52.7. The molecule has 2 aliphatic rings. The standard InChI is InChI=1S/C28H48O10/c1-14(2)20-16(5)9-7-11-18(20)37-26(34)24(32)22(30)23(31)25(33)28(36,13-29)27(35)38-19-12-8-10-17(6)21(19)15(3)4/h13-25,30-33,36H,7-12H2,1-6H3/t16?,17?,18?,19?,20?,21?,22-,23+,24?,25-,28-/m0/s1. The Morgan fingerprint density at radius 3 is 1.66 bits per heavy atom. The minimum absolute atomic E-state index is 0.0370. The molecule has 220 valence electrons. The van der Waals surface area contributed by atoms with Gasteiger partial charge in [-0.25, -0.2) is 9.59 Å². The Balaban J connectivity index is 2.11. The summed E-state index contributed by atoms with van der Waals surface area (Å²) in [6.45, 7) is 12.1. The summed E-state index contributed by atoms with van der Waals surface area (Å²) in [7, 11) is 0. The number of aldehydes is 1. The third-order valence-electron chi connectivity index (χ3n) is 8.73. The second-order valence-electron chi connectivity index (χ2n) is 12.2. The van der Waals surface area contributed by atoms with Crippen LogP contribution in [0, 0.1) is 35.5 Å². The van der Waals surface area contributed by atoms with Gasteiger partial charge in [-0.3, -0.25) is 4.79 Å². The Morgan fingerprint density at radius 1 is 0.789 bits per heavy atom. The molecule has 2 fully saturated rings. The highest BCUT2D eigenvalue weighted by atomic mass is 16.6. The monoisotopic (exact) mass is 544 g/mol. The van der Waals surface area contributed by atoms with Gasteiger partial charge in [-0.1, -0.05) is 54.4 Å². The van der Waals surface area contributed by atoms with Gasteiger partial charge in [0.15, 0.2) is 12.4 Å². The molecule has 38 heavy (non-hydrogen) atoms. The Labute approximate surface area is 225 Å². The van der Waals surface area contributed by atoms with Crippen molar-refractivity contribution in [2.24, 2.45) is 35.5 Å². The zero-order valence-corrected chi connectivity index (χ0v) is 23.5. The molecule has 0 amide bonds. The van der Waals surface area contributed by atoms with Crippen molar-refractivity contribution in [1.82, 2.24) is 0 Å². The van der Waals surface area contributed by atoms with Crippen molar-refractivity contribution in [3.8, 4) is 0 Å². The minimum Gasteiger partial charge on any atom is -0.460 e. The number of aliphatic hydroxyl groups is 5. The molecule has 7 unspecified atom stereocenters. The molecule has 0 radical (unpaired) electrons. The molecule has 0 aromatic carbocycles. The van der Waals surface area contributed by atoms with Gasteiger partial charge in [0.1, 0.15) is 30.5 Å². The maximum atomic E-state index is 12.9. The summed E-state index contributed by atoms with van der Waals surface area (Å²) >= 11 is 0. The first-order valence-corrected chi connectivity index (χ1v) is 14.0. The fourth-order valence-electron chi connectivity index (χ4n) is 6.70. The van der Waals surface area contributed by atoms with Gasteiger partial charge in [0.25, 0.3) is 0 Å². The van der Waals surface area contributed by atoms with E-state index in [0.717, 1.165) is 25.7 Å². The van der Waals surface area contributed by atoms with Gasteiger partial charge >= 0.3 is 11.9 Å². The van der Waals surface area contributed by atoms with Crippen molar-refractivity contribution < 1.29 is 49.4 Å². The highest BCUT2D eigenvalue weighted by molar-refractivity contribution is 5.97. The van der Waals surface area contributed by atoms with E-state index in [1.165, 1.54) is 0 Å². The molecule has 0 aliphatic heterocycles. The van der Waals surface area contributed by atoms with Gasteiger partial charge in [-0.2, -0.15) is 0 Å². The summed E-state index contributed by atoms with van der Waals surface area (Å²) in [4.78, 5) is 37.3. The molecular weight excluding hydrogens is 496 g/mol. The second-order valence-corrected chi connectivity index (χ2v) is 12.2. The molecule has 11 atom stereocenters. The van der Waals surface area contributed by atoms with Gasteiger partial charge in [-0.15, -0.1) is 0 Å². The Hall–Kier alpha value is -1.59. The van der Waals surface area contributed by atoms with Crippen LogP contribution in [0.1, 0.15) is 80.1 Å². The van der Waals surface area contributed by atoms with Crippen molar-refractivity contribution in [3.05, 3.63) is 0 Å². The quantitative estimate of drug-likeness (QED) is 0.145. The third-order valence-corrected chi connectivity index (χ3v) is 8.73. The first-order chi connectivity index (χ1) is 17.7. The van der Waals surface area contributed by atoms with E-state index in [0.29, 0.717) is 12.8 Å². The van der Waals surface area contributed by atoms with Crippen molar-refractivity contribution in [3.63, 3.8) is 0 Å². The van der Waals surface area contributed by atoms with Crippen LogP contribution < -0.4 is 0 Å². The summed E-state index contributed by atoms with van der Waals surface area (Å²) in [6, 6.07) is 0. The van der Waals surface area contributed by atoms with Crippen LogP contribution in [-0.4, -0.2) is 86.0 Å². The molecule has 0 spiro atoms. The van der Waals surface area contributed by atoms with E-state index in [9.17, 15) is 39.9 Å². The number of carbonyl (C=O) groups excluding carboxylic acids is 3. The fourth-order valence-corrected chi connectivity index (χ4v) is 6.70. The number of hydrogen-bond acceptors (Lipinski definition) is 10. The van der Waals surface area contributed by atoms with Gasteiger partial charge in [0.05, 0.1) is 0 Å². The Morgan fingerprint density at radius 2 is 1.24 bits per heavy atom. The van der Waals surface area contributed by atoms with Crippen molar-refractivity contribution in [1.29, 1.82) is 0 Å². The average molecular weight is 545 g/mol. The highest BCUT2D eigenvalue weighted by Crippen LogP contribution is 2.38. The largest absolute Gasteiger partial charge is 0.460 e. The van der Waals surface area contributed by atoms with Crippen LogP contribution in [-0.2, 0) is 23.9 Å². The number of aliphatic hydroxyl groups excluding tert-OH is 4. The average Bonchev–Trinajstić information content (AvgIpc) is 2.85. The lowest BCUT2D eigenvalue weighted by Gasteiger charge is -2.40. The summed E-state index contributed by atoms with van der Waals surface area (Å²) in [5.41, 5.74) is -3.23. The topological polar surface area (TPSA) is 171 Å². The number of esters is 2. The van der Waals surface area contributed by atoms with Crippen LogP contribution in [0.3, 0.4) is 0 Å². The third kappa shape index (κ3) is 7.13. The normalized spacial score (nSPS) is 33.1. The first kappa shape index (κ1) is 32.6. The smallest absolute Gasteiger partial charge is 0.348 e. The molecule has 0 aromatic rings. The molecule has 0 saturated heterocycles. The van der Waals surface area contributed by atoms with Crippen LogP contribution in [0.15, 0.2) is 0 Å². The maximum absolute atomic E-state index is 12.9. The van der Waals surface area contributed by atoms with Crippen LogP contribution >= 0.6 is 0 Å². The van der Waals surface area contributed by atoms with Crippen molar-refractivity contribution in [2.45, 2.75) is 122 Å². The molecule has 0 heterocycles. The molecule has 10 heteroatoms. The summed E-state index contributed by atoms with van der Waals surface area (Å²) in [6.07, 6.45) is -6.44. The van der Waals surface area contributed by atoms with E-state index < -0.39 is 54.2 Å². The van der Waals surface area contributed by atoms with Crippen LogP contribution in [0.2, 0.25) is 0 Å². The Bertz CT molecular complexity index is 801. The molecule has 5 N–H and O–H groups in total. The summed E-state index contributed by atoms with van der Waals surface area (Å²) in [5.74, 6) is -1.81. The lowest BCUT2D eigenvalue weighted by atomic mass is 9.72. The van der Waals surface area contributed by atoms with Gasteiger partial charge in [-0.05, 0) is 49.4 Å². The van der Waals surface area contributed by atoms with Crippen molar-refractivity contribution in [2.75, 3.05) is 0 Å². The van der Waals surface area contributed by atoms with Crippen LogP contribution in [0.25, 0.3) is 0 Å². The van der Waals surface area contributed by atoms with Crippen molar-refractivity contribution >= 4 is 18.2 Å². The second kappa shape index (κ2) is 13.7. The van der Waals surface area contributed by atoms with Gasteiger partial charge in [0, 0.05) is 11.8 Å². The predicted octanol–water partition coefficient (Wildman–Crippen LogP) is 1.37. The zero-order chi connectivity index (χ0) is 28.9. The van der Waals surface area contributed by atoms with E-state index in [4.69, 9.17) is 9.47 Å². The first-order valence-electron chi connectivity index (χ1n) is 14.0. The van der Waals surface area contributed by atoms with E-state index in [2.05, 4.69) is 6.92 Å². The fraction of sp³-hybridized carbons (Fsp3) is 0.893. The molecule has 2 rings (SSSR count). The van der Waals surface area contributed by atoms with Crippen LogP contribution in [0.4, 0.5) is 0 Å². The maximum Gasteiger partial charge on any atom is 0.348 e. The number of rotatable bonds is 11. The molecular formula is C28H48O10. The number of ether oxygens (including phenoxy) is 2. The van der Waals surface area contributed by atoms with Gasteiger partial charge in [0.2, 0.25) is 5.60 Å². The SMILES string of the molecule is CC(C)C1C(C)CCCC1OC(=O)C(O)[C@@H](O)[C@@H](O)[C@H](O)[C@@](O)(C=O)C(=O)OC1CCCC(C)C1C(C)C. The minimum atomic E-state index is -3.23. The number of hydrogen-bond donors (Lipinski definition) is 5. The molecule has 2 saturated carbocycles. The highest BCUT2D eigenvalue weighted by Gasteiger charge is 2.53. The Kier molecular flexibility index (Phi) is 11.7. The van der Waals surface area contributed by atoms with E-state index >= 15 is 0 Å². The zero-order valence-electron chi connectivity index (χ0n) is 23.5. The predicted molar refractivity (Wildman–Crippen MR) is 137 cm³/mol.